The lowest BCUT2D eigenvalue weighted by atomic mass is 10.1. The minimum atomic E-state index is -0.800. The Bertz CT molecular complexity index is 1380. The first-order valence-electron chi connectivity index (χ1n) is 28.7. The molecule has 0 fully saturated rings. The van der Waals surface area contributed by atoms with Gasteiger partial charge in [0.25, 0.3) is 0 Å². The number of esters is 3. The lowest BCUT2D eigenvalue weighted by Gasteiger charge is -2.18. The van der Waals surface area contributed by atoms with Crippen LogP contribution in [0.3, 0.4) is 0 Å². The fourth-order valence-corrected chi connectivity index (χ4v) is 7.78. The third kappa shape index (κ3) is 55.1. The molecule has 0 aliphatic heterocycles. The highest BCUT2D eigenvalue weighted by atomic mass is 16.6. The van der Waals surface area contributed by atoms with E-state index < -0.39 is 6.10 Å². The van der Waals surface area contributed by atoms with E-state index in [-0.39, 0.29) is 37.5 Å². The van der Waals surface area contributed by atoms with E-state index in [1.54, 1.807) is 0 Å². The van der Waals surface area contributed by atoms with Crippen LogP contribution in [0.5, 0.6) is 0 Å². The van der Waals surface area contributed by atoms with Crippen molar-refractivity contribution in [3.63, 3.8) is 0 Å². The van der Waals surface area contributed by atoms with Crippen LogP contribution in [0, 0.1) is 0 Å². The highest BCUT2D eigenvalue weighted by Gasteiger charge is 2.19. The third-order valence-corrected chi connectivity index (χ3v) is 12.1. The van der Waals surface area contributed by atoms with Gasteiger partial charge in [-0.2, -0.15) is 0 Å². The maximum Gasteiger partial charge on any atom is 0.306 e. The van der Waals surface area contributed by atoms with Gasteiger partial charge in [-0.25, -0.2) is 0 Å². The van der Waals surface area contributed by atoms with Crippen molar-refractivity contribution in [1.82, 2.24) is 0 Å². The minimum Gasteiger partial charge on any atom is -0.462 e. The second-order valence-corrected chi connectivity index (χ2v) is 18.8. The molecule has 0 saturated heterocycles. The molecule has 0 aliphatic carbocycles. The largest absolute Gasteiger partial charge is 0.462 e. The normalized spacial score (nSPS) is 12.8. The number of ether oxygens (including phenoxy) is 3. The molecule has 0 saturated carbocycles. The van der Waals surface area contributed by atoms with Gasteiger partial charge in [-0.05, 0) is 96.3 Å². The summed E-state index contributed by atoms with van der Waals surface area (Å²) in [5.41, 5.74) is 0. The van der Waals surface area contributed by atoms with Crippen LogP contribution in [0.1, 0.15) is 265 Å². The zero-order valence-electron chi connectivity index (χ0n) is 45.0. The summed E-state index contributed by atoms with van der Waals surface area (Å²) in [5, 5.41) is 0. The summed E-state index contributed by atoms with van der Waals surface area (Å²) >= 11 is 0. The summed E-state index contributed by atoms with van der Waals surface area (Å²) in [5.74, 6) is -0.965. The van der Waals surface area contributed by atoms with Crippen LogP contribution in [-0.2, 0) is 28.6 Å². The lowest BCUT2D eigenvalue weighted by Crippen LogP contribution is -2.30. The Morgan fingerprint density at radius 1 is 0.304 bits per heavy atom. The van der Waals surface area contributed by atoms with Crippen molar-refractivity contribution in [3.8, 4) is 0 Å². The molecule has 0 spiro atoms. The molecule has 0 aromatic rings. The fraction of sp³-hybridized carbons (Fsp3) is 0.698. The standard InChI is InChI=1S/C63H106O6/c1-4-7-10-13-16-18-20-22-24-26-28-30-31-33-34-36-38-40-42-44-47-50-53-56-62(65)68-59-60(58-67-61(64)55-52-49-46-15-12-9-6-3)69-63(66)57-54-51-48-45-43-41-39-37-35-32-29-27-25-23-21-19-17-14-11-8-5-2/h7,10,16,18,22,24,27-30,33-34,38,40,44,47,60H,4-6,8-9,11-15,17,19-21,23,25-26,31-32,35-37,39,41-43,45-46,48-59H2,1-3H3/b10-7-,18-16-,24-22-,29-27-,30-28-,34-33-,40-38-,47-44-. The number of carbonyl (C=O) groups excluding carboxylic acids is 3. The van der Waals surface area contributed by atoms with Crippen LogP contribution in [0.25, 0.3) is 0 Å². The van der Waals surface area contributed by atoms with Crippen LogP contribution in [0.15, 0.2) is 97.2 Å². The van der Waals surface area contributed by atoms with Gasteiger partial charge in [-0.1, -0.05) is 246 Å². The van der Waals surface area contributed by atoms with Crippen LogP contribution in [-0.4, -0.2) is 37.2 Å². The molecule has 0 amide bonds. The maximum absolute atomic E-state index is 12.8. The Balaban J connectivity index is 4.31. The Morgan fingerprint density at radius 3 is 0.957 bits per heavy atom. The van der Waals surface area contributed by atoms with E-state index in [0.717, 1.165) is 89.9 Å². The molecule has 0 aliphatic rings. The number of unbranched alkanes of at least 4 members (excludes halogenated alkanes) is 24. The Hall–Kier alpha value is -3.67. The first-order valence-corrected chi connectivity index (χ1v) is 28.7. The molecular formula is C63H106O6. The molecule has 0 bridgehead atoms. The summed E-state index contributed by atoms with van der Waals surface area (Å²) in [6.45, 7) is 6.44. The van der Waals surface area contributed by atoms with Crippen molar-refractivity contribution >= 4 is 17.9 Å². The Labute approximate surface area is 426 Å². The van der Waals surface area contributed by atoms with Crippen molar-refractivity contribution < 1.29 is 28.6 Å². The zero-order chi connectivity index (χ0) is 50.0. The van der Waals surface area contributed by atoms with Crippen LogP contribution in [0.2, 0.25) is 0 Å². The molecule has 0 heterocycles. The molecule has 1 atom stereocenters. The van der Waals surface area contributed by atoms with Gasteiger partial charge in [-0.15, -0.1) is 0 Å². The number of hydrogen-bond acceptors (Lipinski definition) is 6. The van der Waals surface area contributed by atoms with E-state index in [4.69, 9.17) is 14.2 Å². The molecular weight excluding hydrogens is 853 g/mol. The quantitative estimate of drug-likeness (QED) is 0.0262. The van der Waals surface area contributed by atoms with E-state index in [1.807, 2.05) is 0 Å². The van der Waals surface area contributed by atoms with Gasteiger partial charge in [0.1, 0.15) is 13.2 Å². The van der Waals surface area contributed by atoms with Crippen LogP contribution in [0.4, 0.5) is 0 Å². The second kappa shape index (κ2) is 56.9. The summed E-state index contributed by atoms with van der Waals surface area (Å²) in [6.07, 6.45) is 75.7. The van der Waals surface area contributed by atoms with Gasteiger partial charge in [0.15, 0.2) is 6.10 Å². The van der Waals surface area contributed by atoms with Crippen molar-refractivity contribution in [2.75, 3.05) is 13.2 Å². The van der Waals surface area contributed by atoms with E-state index in [1.165, 1.54) is 128 Å². The number of carbonyl (C=O) groups is 3. The monoisotopic (exact) mass is 959 g/mol. The van der Waals surface area contributed by atoms with Crippen molar-refractivity contribution in [3.05, 3.63) is 97.2 Å². The molecule has 6 nitrogen and oxygen atoms in total. The average Bonchev–Trinajstić information content (AvgIpc) is 3.35. The average molecular weight is 960 g/mol. The topological polar surface area (TPSA) is 78.9 Å². The fourth-order valence-electron chi connectivity index (χ4n) is 7.78. The number of rotatable bonds is 51. The van der Waals surface area contributed by atoms with Crippen LogP contribution < -0.4 is 0 Å². The Morgan fingerprint density at radius 2 is 0.580 bits per heavy atom. The molecule has 0 aromatic carbocycles. The van der Waals surface area contributed by atoms with Gasteiger partial charge >= 0.3 is 17.9 Å². The molecule has 1 unspecified atom stereocenters. The van der Waals surface area contributed by atoms with Gasteiger partial charge in [0.05, 0.1) is 0 Å². The molecule has 0 N–H and O–H groups in total. The van der Waals surface area contributed by atoms with Crippen molar-refractivity contribution in [2.45, 2.75) is 271 Å². The van der Waals surface area contributed by atoms with E-state index in [0.29, 0.717) is 19.3 Å². The van der Waals surface area contributed by atoms with Crippen molar-refractivity contribution in [2.24, 2.45) is 0 Å². The lowest BCUT2D eigenvalue weighted by molar-refractivity contribution is -0.167. The van der Waals surface area contributed by atoms with E-state index in [9.17, 15) is 14.4 Å². The van der Waals surface area contributed by atoms with Gasteiger partial charge in [-0.3, -0.25) is 14.4 Å². The van der Waals surface area contributed by atoms with Gasteiger partial charge in [0, 0.05) is 19.3 Å². The van der Waals surface area contributed by atoms with Gasteiger partial charge in [0.2, 0.25) is 0 Å². The zero-order valence-corrected chi connectivity index (χ0v) is 45.0. The number of hydrogen-bond donors (Lipinski definition) is 0. The first kappa shape index (κ1) is 65.3. The molecule has 0 aromatic heterocycles. The summed E-state index contributed by atoms with van der Waals surface area (Å²) < 4.78 is 16.7. The smallest absolute Gasteiger partial charge is 0.306 e. The first-order chi connectivity index (χ1) is 34.0. The van der Waals surface area contributed by atoms with Crippen molar-refractivity contribution in [1.29, 1.82) is 0 Å². The molecule has 394 valence electrons. The summed E-state index contributed by atoms with van der Waals surface area (Å²) in [7, 11) is 0. The molecule has 6 heteroatoms. The highest BCUT2D eigenvalue weighted by molar-refractivity contribution is 5.71. The Kier molecular flexibility index (Phi) is 53.9. The highest BCUT2D eigenvalue weighted by Crippen LogP contribution is 2.15. The summed E-state index contributed by atoms with van der Waals surface area (Å²) in [4.78, 5) is 37.9. The van der Waals surface area contributed by atoms with E-state index >= 15 is 0 Å². The summed E-state index contributed by atoms with van der Waals surface area (Å²) in [6, 6.07) is 0. The SMILES string of the molecule is CC/C=C\C/C=C\C/C=C\C/C=C\C/C=C\C/C=C\C/C=C\CCCC(=O)OCC(COC(=O)CCCCCCCCC)OC(=O)CCCCCCCCCCC/C=C\CCCCCCCCCC. The molecule has 0 rings (SSSR count). The molecule has 69 heavy (non-hydrogen) atoms. The van der Waals surface area contributed by atoms with Gasteiger partial charge < -0.3 is 14.2 Å². The maximum atomic E-state index is 12.8. The third-order valence-electron chi connectivity index (χ3n) is 12.1. The minimum absolute atomic E-state index is 0.0959. The predicted octanol–water partition coefficient (Wildman–Crippen LogP) is 19.3. The van der Waals surface area contributed by atoms with Crippen LogP contribution >= 0.6 is 0 Å². The molecule has 0 radical (unpaired) electrons. The second-order valence-electron chi connectivity index (χ2n) is 18.8. The predicted molar refractivity (Wildman–Crippen MR) is 297 cm³/mol. The van der Waals surface area contributed by atoms with E-state index in [2.05, 4.69) is 118 Å². The number of allylic oxidation sites excluding steroid dienone is 16.